The van der Waals surface area contributed by atoms with Gasteiger partial charge in [-0.15, -0.1) is 0 Å². The SMILES string of the molecule is Cn1c(=O)n(C)c2cc(-c3ccc(-c4nc(-c5ccccc5)nc(-c5ccc(-c6ccc7oc8ccc9ccccc9c8c7c6)cc5)n4)cc3)ccc21. The van der Waals surface area contributed by atoms with Gasteiger partial charge < -0.3 is 4.42 Å². The lowest BCUT2D eigenvalue weighted by Gasteiger charge is -2.10. The second kappa shape index (κ2) is 12.0. The van der Waals surface area contributed by atoms with Crippen LogP contribution in [0.15, 0.2) is 161 Å². The summed E-state index contributed by atoms with van der Waals surface area (Å²) in [7, 11) is 3.60. The van der Waals surface area contributed by atoms with Crippen molar-refractivity contribution in [1.29, 1.82) is 0 Å². The normalized spacial score (nSPS) is 11.7. The van der Waals surface area contributed by atoms with Gasteiger partial charge in [0.05, 0.1) is 11.0 Å². The Balaban J connectivity index is 1.02. The highest BCUT2D eigenvalue weighted by molar-refractivity contribution is 6.19. The van der Waals surface area contributed by atoms with E-state index in [1.807, 2.05) is 54.6 Å². The quantitative estimate of drug-likeness (QED) is 0.180. The Kier molecular flexibility index (Phi) is 6.94. The van der Waals surface area contributed by atoms with Gasteiger partial charge in [0.2, 0.25) is 0 Å². The number of fused-ring (bicyclic) bond motifs is 6. The Hall–Kier alpha value is -7.12. The molecule has 0 atom stereocenters. The van der Waals surface area contributed by atoms with Crippen molar-refractivity contribution >= 4 is 43.7 Å². The first-order valence-corrected chi connectivity index (χ1v) is 17.5. The monoisotopic (exact) mass is 685 g/mol. The molecule has 7 nitrogen and oxygen atoms in total. The van der Waals surface area contributed by atoms with Crippen molar-refractivity contribution in [2.45, 2.75) is 0 Å². The lowest BCUT2D eigenvalue weighted by molar-refractivity contribution is 0.669. The van der Waals surface area contributed by atoms with Gasteiger partial charge in [-0.25, -0.2) is 19.7 Å². The van der Waals surface area contributed by atoms with Gasteiger partial charge >= 0.3 is 5.69 Å². The van der Waals surface area contributed by atoms with Crippen molar-refractivity contribution in [1.82, 2.24) is 24.1 Å². The smallest absolute Gasteiger partial charge is 0.328 e. The van der Waals surface area contributed by atoms with E-state index < -0.39 is 0 Å². The minimum atomic E-state index is -0.0414. The molecule has 10 rings (SSSR count). The summed E-state index contributed by atoms with van der Waals surface area (Å²) in [4.78, 5) is 27.4. The van der Waals surface area contributed by atoms with Crippen LogP contribution in [-0.2, 0) is 14.1 Å². The van der Waals surface area contributed by atoms with Crippen LogP contribution in [0.3, 0.4) is 0 Å². The molecule has 0 amide bonds. The lowest BCUT2D eigenvalue weighted by Crippen LogP contribution is -2.19. The Morgan fingerprint density at radius 1 is 0.434 bits per heavy atom. The molecule has 0 bridgehead atoms. The maximum absolute atomic E-state index is 12.5. The minimum Gasteiger partial charge on any atom is -0.456 e. The topological polar surface area (TPSA) is 78.7 Å². The maximum Gasteiger partial charge on any atom is 0.328 e. The van der Waals surface area contributed by atoms with Gasteiger partial charge in [-0.1, -0.05) is 121 Å². The first-order valence-electron chi connectivity index (χ1n) is 17.5. The fraction of sp³-hybridized carbons (Fsp3) is 0.0435. The fourth-order valence-electron chi connectivity index (χ4n) is 7.39. The largest absolute Gasteiger partial charge is 0.456 e. The average Bonchev–Trinajstić information content (AvgIpc) is 3.71. The van der Waals surface area contributed by atoms with Crippen molar-refractivity contribution in [2.24, 2.45) is 14.1 Å². The molecule has 0 saturated heterocycles. The molecule has 10 aromatic rings. The Morgan fingerprint density at radius 2 is 0.943 bits per heavy atom. The summed E-state index contributed by atoms with van der Waals surface area (Å²) in [5.41, 5.74) is 10.5. The van der Waals surface area contributed by atoms with Gasteiger partial charge in [0.1, 0.15) is 11.2 Å². The van der Waals surface area contributed by atoms with Gasteiger partial charge in [0, 0.05) is 41.6 Å². The molecular weight excluding hydrogens is 655 g/mol. The standard InChI is InChI=1S/C46H31N5O2/c1-50-38-23-20-35(27-39(38)51(2)46(50)52)29-14-18-33(19-15-29)45-48-43(31-9-4-3-5-10-31)47-44(49-45)32-16-12-28(13-17-32)34-22-24-40-37(26-34)42-36-11-7-6-8-30(36)21-25-41(42)53-40/h3-27H,1-2H3. The van der Waals surface area contributed by atoms with E-state index in [9.17, 15) is 4.79 Å². The molecular formula is C46H31N5O2. The van der Waals surface area contributed by atoms with E-state index in [0.717, 1.165) is 71.9 Å². The van der Waals surface area contributed by atoms with Crippen LogP contribution >= 0.6 is 0 Å². The molecule has 0 N–H and O–H groups in total. The highest BCUT2D eigenvalue weighted by Crippen LogP contribution is 2.37. The molecule has 252 valence electrons. The molecule has 0 aliphatic rings. The molecule has 3 heterocycles. The molecule has 0 radical (unpaired) electrons. The van der Waals surface area contributed by atoms with Gasteiger partial charge in [0.15, 0.2) is 17.5 Å². The van der Waals surface area contributed by atoms with Crippen LogP contribution in [0.2, 0.25) is 0 Å². The Labute approximate surface area is 304 Å². The Morgan fingerprint density at radius 3 is 1.62 bits per heavy atom. The van der Waals surface area contributed by atoms with Crippen LogP contribution in [0.25, 0.3) is 100 Å². The minimum absolute atomic E-state index is 0.0414. The third-order valence-corrected chi connectivity index (χ3v) is 10.3. The molecule has 0 fully saturated rings. The number of aromatic nitrogens is 5. The van der Waals surface area contributed by atoms with Crippen LogP contribution in [0.1, 0.15) is 0 Å². The molecule has 0 aliphatic carbocycles. The summed E-state index contributed by atoms with van der Waals surface area (Å²) < 4.78 is 9.59. The van der Waals surface area contributed by atoms with E-state index in [4.69, 9.17) is 19.4 Å². The molecule has 0 spiro atoms. The summed E-state index contributed by atoms with van der Waals surface area (Å²) in [6.45, 7) is 0. The summed E-state index contributed by atoms with van der Waals surface area (Å²) >= 11 is 0. The van der Waals surface area contributed by atoms with E-state index in [2.05, 4.69) is 97.1 Å². The molecule has 7 aromatic carbocycles. The van der Waals surface area contributed by atoms with Crippen LogP contribution in [0.4, 0.5) is 0 Å². The summed E-state index contributed by atoms with van der Waals surface area (Å²) in [5.74, 6) is 1.80. The number of hydrogen-bond acceptors (Lipinski definition) is 5. The summed E-state index contributed by atoms with van der Waals surface area (Å²) in [6.07, 6.45) is 0. The van der Waals surface area contributed by atoms with Crippen LogP contribution in [-0.4, -0.2) is 24.1 Å². The van der Waals surface area contributed by atoms with E-state index in [1.165, 1.54) is 10.8 Å². The predicted octanol–water partition coefficient (Wildman–Crippen LogP) is 10.4. The van der Waals surface area contributed by atoms with Gasteiger partial charge in [0.25, 0.3) is 0 Å². The second-order valence-electron chi connectivity index (χ2n) is 13.4. The van der Waals surface area contributed by atoms with Crippen LogP contribution in [0.5, 0.6) is 0 Å². The van der Waals surface area contributed by atoms with Crippen molar-refractivity contribution in [2.75, 3.05) is 0 Å². The predicted molar refractivity (Wildman–Crippen MR) is 214 cm³/mol. The van der Waals surface area contributed by atoms with Crippen molar-refractivity contribution in [3.63, 3.8) is 0 Å². The number of nitrogens with zero attached hydrogens (tertiary/aromatic N) is 5. The lowest BCUT2D eigenvalue weighted by atomic mass is 9.99. The van der Waals surface area contributed by atoms with Crippen molar-refractivity contribution in [3.8, 4) is 56.4 Å². The van der Waals surface area contributed by atoms with Crippen LogP contribution in [0, 0.1) is 0 Å². The van der Waals surface area contributed by atoms with Gasteiger partial charge in [-0.3, -0.25) is 9.13 Å². The first-order chi connectivity index (χ1) is 26.0. The van der Waals surface area contributed by atoms with E-state index >= 15 is 0 Å². The highest BCUT2D eigenvalue weighted by atomic mass is 16.3. The van der Waals surface area contributed by atoms with E-state index in [0.29, 0.717) is 17.5 Å². The third-order valence-electron chi connectivity index (χ3n) is 10.3. The molecule has 0 aliphatic heterocycles. The van der Waals surface area contributed by atoms with E-state index in [1.54, 1.807) is 23.2 Å². The van der Waals surface area contributed by atoms with Crippen LogP contribution < -0.4 is 5.69 Å². The zero-order valence-corrected chi connectivity index (χ0v) is 29.0. The number of benzene rings is 7. The molecule has 53 heavy (non-hydrogen) atoms. The average molecular weight is 686 g/mol. The van der Waals surface area contributed by atoms with Crippen molar-refractivity contribution < 1.29 is 4.42 Å². The highest BCUT2D eigenvalue weighted by Gasteiger charge is 2.15. The van der Waals surface area contributed by atoms with Crippen molar-refractivity contribution in [3.05, 3.63) is 162 Å². The summed E-state index contributed by atoms with van der Waals surface area (Å²) in [6, 6.07) is 51.7. The number of aryl methyl sites for hydroxylation is 2. The number of rotatable bonds is 5. The van der Waals surface area contributed by atoms with Gasteiger partial charge in [-0.05, 0) is 63.4 Å². The Bertz CT molecular complexity index is 3080. The molecule has 7 heteroatoms. The molecule has 0 unspecified atom stereocenters. The first kappa shape index (κ1) is 30.7. The summed E-state index contributed by atoms with van der Waals surface area (Å²) in [5, 5.41) is 4.62. The number of furan rings is 1. The zero-order chi connectivity index (χ0) is 35.6. The number of hydrogen-bond donors (Lipinski definition) is 0. The molecule has 0 saturated carbocycles. The second-order valence-corrected chi connectivity index (χ2v) is 13.4. The fourth-order valence-corrected chi connectivity index (χ4v) is 7.39. The molecule has 3 aromatic heterocycles. The van der Waals surface area contributed by atoms with Gasteiger partial charge in [-0.2, -0.15) is 0 Å². The third kappa shape index (κ3) is 5.13. The maximum atomic E-state index is 12.5. The van der Waals surface area contributed by atoms with E-state index in [-0.39, 0.29) is 5.69 Å². The zero-order valence-electron chi connectivity index (χ0n) is 29.0. The number of imidazole rings is 1.